The molecule has 0 fully saturated rings. The van der Waals surface area contributed by atoms with Crippen molar-refractivity contribution in [2.75, 3.05) is 7.11 Å². The van der Waals surface area contributed by atoms with Gasteiger partial charge in [0.25, 0.3) is 6.43 Å². The van der Waals surface area contributed by atoms with Crippen molar-refractivity contribution in [2.45, 2.75) is 12.8 Å². The summed E-state index contributed by atoms with van der Waals surface area (Å²) in [5.41, 5.74) is -0.382. The average molecular weight is 226 g/mol. The van der Waals surface area contributed by atoms with Gasteiger partial charge in [-0.15, -0.1) is 0 Å². The highest BCUT2D eigenvalue weighted by atomic mass is 19.3. The molecule has 0 radical (unpaired) electrons. The number of carbonyl (C=O) groups is 1. The number of rotatable bonds is 3. The van der Waals surface area contributed by atoms with E-state index in [0.717, 1.165) is 6.20 Å². The fourth-order valence-electron chi connectivity index (χ4n) is 1.10. The first kappa shape index (κ1) is 12.0. The quantitative estimate of drug-likeness (QED) is 0.734. The number of halogens is 2. The fourth-order valence-corrected chi connectivity index (χ4v) is 1.10. The highest BCUT2D eigenvalue weighted by Crippen LogP contribution is 2.22. The van der Waals surface area contributed by atoms with Gasteiger partial charge in [-0.2, -0.15) is 5.26 Å². The third kappa shape index (κ3) is 2.73. The molecular formula is C10H8F2N2O2. The third-order valence-electron chi connectivity index (χ3n) is 1.90. The van der Waals surface area contributed by atoms with Gasteiger partial charge < -0.3 is 4.74 Å². The molecule has 0 saturated heterocycles. The van der Waals surface area contributed by atoms with E-state index in [1.165, 1.54) is 13.2 Å². The first-order chi connectivity index (χ1) is 7.58. The Morgan fingerprint density at radius 2 is 2.38 bits per heavy atom. The second-order valence-electron chi connectivity index (χ2n) is 2.93. The van der Waals surface area contributed by atoms with Crippen molar-refractivity contribution in [2.24, 2.45) is 0 Å². The summed E-state index contributed by atoms with van der Waals surface area (Å²) >= 11 is 0. The zero-order chi connectivity index (χ0) is 12.1. The number of pyridine rings is 1. The van der Waals surface area contributed by atoms with Crippen LogP contribution in [0.25, 0.3) is 0 Å². The predicted octanol–water partition coefficient (Wildman–Crippen LogP) is 1.61. The number of nitriles is 1. The number of hydrogen-bond donors (Lipinski definition) is 0. The lowest BCUT2D eigenvalue weighted by Crippen LogP contribution is -2.07. The van der Waals surface area contributed by atoms with E-state index in [9.17, 15) is 13.6 Å². The summed E-state index contributed by atoms with van der Waals surface area (Å²) in [4.78, 5) is 14.6. The van der Waals surface area contributed by atoms with Crippen LogP contribution in [0.15, 0.2) is 12.3 Å². The van der Waals surface area contributed by atoms with Gasteiger partial charge in [-0.1, -0.05) is 0 Å². The van der Waals surface area contributed by atoms with Crippen LogP contribution >= 0.6 is 0 Å². The summed E-state index contributed by atoms with van der Waals surface area (Å²) in [6.45, 7) is 0. The molecule has 6 heteroatoms. The Morgan fingerprint density at radius 3 is 2.88 bits per heavy atom. The molecule has 1 aromatic heterocycles. The molecule has 0 N–H and O–H groups in total. The van der Waals surface area contributed by atoms with E-state index in [-0.39, 0.29) is 17.7 Å². The normalized spacial score (nSPS) is 9.94. The van der Waals surface area contributed by atoms with Gasteiger partial charge in [0.05, 0.1) is 36.4 Å². The molecule has 1 aromatic rings. The van der Waals surface area contributed by atoms with Crippen molar-refractivity contribution in [3.05, 3.63) is 29.1 Å². The molecule has 0 bridgehead atoms. The van der Waals surface area contributed by atoms with Crippen molar-refractivity contribution in [3.63, 3.8) is 0 Å². The Kier molecular flexibility index (Phi) is 3.89. The zero-order valence-corrected chi connectivity index (χ0v) is 8.41. The Labute approximate surface area is 90.5 Å². The number of nitrogens with zero attached hydrogens (tertiary/aromatic N) is 2. The van der Waals surface area contributed by atoms with E-state index in [4.69, 9.17) is 5.26 Å². The Morgan fingerprint density at radius 1 is 1.69 bits per heavy atom. The van der Waals surface area contributed by atoms with Crippen LogP contribution in [0, 0.1) is 11.3 Å². The lowest BCUT2D eigenvalue weighted by molar-refractivity contribution is -0.139. The molecule has 1 heterocycles. The molecule has 84 valence electrons. The number of esters is 1. The minimum Gasteiger partial charge on any atom is -0.469 e. The fraction of sp³-hybridized carbons (Fsp3) is 0.300. The second kappa shape index (κ2) is 5.16. The molecule has 0 aromatic carbocycles. The standard InChI is InChI=1S/C10H8F2N2O2/c1-16-9(15)3-7-2-6(4-13)8(5-14-7)10(11)12/h2,5,10H,3H2,1H3. The van der Waals surface area contributed by atoms with Gasteiger partial charge in [-0.05, 0) is 6.07 Å². The summed E-state index contributed by atoms with van der Waals surface area (Å²) in [7, 11) is 1.21. The van der Waals surface area contributed by atoms with Crippen molar-refractivity contribution < 1.29 is 18.3 Å². The van der Waals surface area contributed by atoms with Crippen LogP contribution < -0.4 is 0 Å². The molecular weight excluding hydrogens is 218 g/mol. The van der Waals surface area contributed by atoms with Crippen molar-refractivity contribution in [1.29, 1.82) is 5.26 Å². The van der Waals surface area contributed by atoms with Crippen molar-refractivity contribution >= 4 is 5.97 Å². The number of hydrogen-bond acceptors (Lipinski definition) is 4. The topological polar surface area (TPSA) is 63.0 Å². The second-order valence-corrected chi connectivity index (χ2v) is 2.93. The van der Waals surface area contributed by atoms with E-state index in [1.54, 1.807) is 6.07 Å². The maximum absolute atomic E-state index is 12.4. The molecule has 1 rings (SSSR count). The summed E-state index contributed by atoms with van der Waals surface area (Å²) < 4.78 is 29.2. The van der Waals surface area contributed by atoms with Gasteiger partial charge in [-0.25, -0.2) is 8.78 Å². The molecule has 4 nitrogen and oxygen atoms in total. The summed E-state index contributed by atoms with van der Waals surface area (Å²) in [6, 6.07) is 2.80. The van der Waals surface area contributed by atoms with Crippen LogP contribution in [-0.4, -0.2) is 18.1 Å². The smallest absolute Gasteiger partial charge is 0.311 e. The molecule has 0 unspecified atom stereocenters. The van der Waals surface area contributed by atoms with Gasteiger partial charge in [0, 0.05) is 6.20 Å². The Hall–Kier alpha value is -2.03. The van der Waals surface area contributed by atoms with Crippen molar-refractivity contribution in [1.82, 2.24) is 4.98 Å². The first-order valence-electron chi connectivity index (χ1n) is 4.32. The third-order valence-corrected chi connectivity index (χ3v) is 1.90. The molecule has 0 amide bonds. The molecule has 16 heavy (non-hydrogen) atoms. The van der Waals surface area contributed by atoms with Crippen LogP contribution in [0.1, 0.15) is 23.2 Å². The van der Waals surface area contributed by atoms with Gasteiger partial charge in [-0.3, -0.25) is 9.78 Å². The predicted molar refractivity (Wildman–Crippen MR) is 49.6 cm³/mol. The Bertz CT molecular complexity index is 441. The van der Waals surface area contributed by atoms with E-state index in [0.29, 0.717) is 0 Å². The zero-order valence-electron chi connectivity index (χ0n) is 8.41. The maximum atomic E-state index is 12.4. The number of alkyl halides is 2. The molecule has 0 aliphatic heterocycles. The molecule has 0 spiro atoms. The van der Waals surface area contributed by atoms with E-state index < -0.39 is 18.0 Å². The largest absolute Gasteiger partial charge is 0.469 e. The van der Waals surface area contributed by atoms with Gasteiger partial charge in [0.15, 0.2) is 0 Å². The molecule has 0 atom stereocenters. The number of ether oxygens (including phenoxy) is 1. The monoisotopic (exact) mass is 226 g/mol. The van der Waals surface area contributed by atoms with Crippen molar-refractivity contribution in [3.8, 4) is 6.07 Å². The summed E-state index contributed by atoms with van der Waals surface area (Å²) in [5, 5.41) is 8.66. The van der Waals surface area contributed by atoms with Crippen LogP contribution in [0.2, 0.25) is 0 Å². The van der Waals surface area contributed by atoms with E-state index in [2.05, 4.69) is 9.72 Å². The van der Waals surface area contributed by atoms with Crippen LogP contribution in [-0.2, 0) is 16.0 Å². The van der Waals surface area contributed by atoms with Gasteiger partial charge in [0.1, 0.15) is 0 Å². The van der Waals surface area contributed by atoms with Gasteiger partial charge in [0.2, 0.25) is 0 Å². The minimum absolute atomic E-state index is 0.144. The van der Waals surface area contributed by atoms with Crippen LogP contribution in [0.3, 0.4) is 0 Å². The lowest BCUT2D eigenvalue weighted by atomic mass is 10.1. The highest BCUT2D eigenvalue weighted by molar-refractivity contribution is 5.71. The SMILES string of the molecule is COC(=O)Cc1cc(C#N)c(C(F)F)cn1. The molecule has 0 aliphatic carbocycles. The highest BCUT2D eigenvalue weighted by Gasteiger charge is 2.15. The molecule has 0 aliphatic rings. The Balaban J connectivity index is 3.01. The number of aromatic nitrogens is 1. The average Bonchev–Trinajstić information content (AvgIpc) is 2.28. The summed E-state index contributed by atoms with van der Waals surface area (Å²) in [6.07, 6.45) is -2.00. The summed E-state index contributed by atoms with van der Waals surface area (Å²) in [5.74, 6) is -0.541. The number of carbonyl (C=O) groups excluding carboxylic acids is 1. The van der Waals surface area contributed by atoms with E-state index in [1.807, 2.05) is 0 Å². The van der Waals surface area contributed by atoms with Gasteiger partial charge >= 0.3 is 5.97 Å². The number of methoxy groups -OCH3 is 1. The van der Waals surface area contributed by atoms with Crippen LogP contribution in [0.4, 0.5) is 8.78 Å². The first-order valence-corrected chi connectivity index (χ1v) is 4.32. The molecule has 0 saturated carbocycles. The lowest BCUT2D eigenvalue weighted by Gasteiger charge is -2.04. The minimum atomic E-state index is -2.76. The van der Waals surface area contributed by atoms with E-state index >= 15 is 0 Å². The van der Waals surface area contributed by atoms with Crippen LogP contribution in [0.5, 0.6) is 0 Å². The maximum Gasteiger partial charge on any atom is 0.311 e.